The number of nitrogen functional groups attached to an aromatic ring is 1. The zero-order chi connectivity index (χ0) is 11.3. The van der Waals surface area contributed by atoms with Crippen LogP contribution in [-0.2, 0) is 6.54 Å². The normalized spacial score (nSPS) is 9.53. The number of tetrazole rings is 1. The lowest BCUT2D eigenvalue weighted by molar-refractivity contribution is 0.359. The highest BCUT2D eigenvalue weighted by molar-refractivity contribution is 5.07. The molecule has 82 valence electrons. The second-order valence-electron chi connectivity index (χ2n) is 2.61. The van der Waals surface area contributed by atoms with Gasteiger partial charge in [0, 0.05) is 6.07 Å². The molecule has 2 aromatic heterocycles. The molecule has 2 aromatic rings. The summed E-state index contributed by atoms with van der Waals surface area (Å²) < 4.78 is 4.96. The van der Waals surface area contributed by atoms with Crippen molar-refractivity contribution >= 4 is 5.95 Å². The van der Waals surface area contributed by atoms with E-state index in [1.165, 1.54) is 4.80 Å². The molecule has 0 aliphatic heterocycles. The van der Waals surface area contributed by atoms with Gasteiger partial charge in [0.25, 0.3) is 5.95 Å². The van der Waals surface area contributed by atoms with Gasteiger partial charge in [0.1, 0.15) is 6.54 Å². The number of aromatic nitrogens is 5. The Morgan fingerprint density at radius 3 is 2.67 bits per heavy atom. The maximum Gasteiger partial charge on any atom is 0.260 e. The fourth-order valence-corrected chi connectivity index (χ4v) is 0.953. The van der Waals surface area contributed by atoms with Crippen LogP contribution in [0.1, 0.15) is 25.3 Å². The zero-order valence-corrected chi connectivity index (χ0v) is 9.01. The Morgan fingerprint density at radius 2 is 2.20 bits per heavy atom. The molecule has 2 N–H and O–H groups in total. The first kappa shape index (κ1) is 11.2. The van der Waals surface area contributed by atoms with Crippen LogP contribution in [0.2, 0.25) is 0 Å². The van der Waals surface area contributed by atoms with E-state index in [4.69, 9.17) is 10.3 Å². The monoisotopic (exact) mass is 210 g/mol. The molecule has 2 rings (SSSR count). The molecule has 7 heteroatoms. The third-order valence-corrected chi connectivity index (χ3v) is 1.44. The van der Waals surface area contributed by atoms with Crippen molar-refractivity contribution in [3.63, 3.8) is 0 Å². The van der Waals surface area contributed by atoms with Crippen LogP contribution >= 0.6 is 0 Å². The molecule has 0 spiro atoms. The molecular weight excluding hydrogens is 196 g/mol. The van der Waals surface area contributed by atoms with Gasteiger partial charge in [0.15, 0.2) is 5.76 Å². The van der Waals surface area contributed by atoms with Crippen molar-refractivity contribution in [1.29, 1.82) is 0 Å². The van der Waals surface area contributed by atoms with E-state index in [1.54, 1.807) is 6.07 Å². The van der Waals surface area contributed by atoms with Crippen molar-refractivity contribution in [1.82, 2.24) is 25.4 Å². The number of hydrogen-bond donors (Lipinski definition) is 1. The molecular formula is C8H14N6O. The predicted molar refractivity (Wildman–Crippen MR) is 53.9 cm³/mol. The molecule has 15 heavy (non-hydrogen) atoms. The lowest BCUT2D eigenvalue weighted by Gasteiger charge is -1.90. The molecule has 0 bridgehead atoms. The van der Waals surface area contributed by atoms with Gasteiger partial charge >= 0.3 is 0 Å². The molecule has 0 aromatic carbocycles. The number of anilines is 1. The first-order valence-electron chi connectivity index (χ1n) is 4.69. The molecule has 0 saturated heterocycles. The minimum absolute atomic E-state index is 0.149. The largest absolute Gasteiger partial charge is 0.365 e. The third kappa shape index (κ3) is 3.04. The minimum Gasteiger partial charge on any atom is -0.365 e. The second-order valence-corrected chi connectivity index (χ2v) is 2.61. The van der Waals surface area contributed by atoms with Gasteiger partial charge in [0.2, 0.25) is 0 Å². The maximum absolute atomic E-state index is 5.29. The van der Waals surface area contributed by atoms with Crippen molar-refractivity contribution in [2.45, 2.75) is 27.3 Å². The average molecular weight is 210 g/mol. The lowest BCUT2D eigenvalue weighted by atomic mass is 10.4. The summed E-state index contributed by atoms with van der Waals surface area (Å²) in [5.41, 5.74) is 6.11. The number of nitrogens with two attached hydrogens (primary N) is 1. The molecule has 0 aliphatic rings. The highest BCUT2D eigenvalue weighted by atomic mass is 16.5. The highest BCUT2D eigenvalue weighted by Gasteiger charge is 2.04. The SMILES string of the molecule is CC.Cc1cc(Cn2nnc(N)n2)on1. The van der Waals surface area contributed by atoms with E-state index in [1.807, 2.05) is 20.8 Å². The van der Waals surface area contributed by atoms with Crippen LogP contribution in [0.3, 0.4) is 0 Å². The van der Waals surface area contributed by atoms with Crippen molar-refractivity contribution in [2.24, 2.45) is 0 Å². The van der Waals surface area contributed by atoms with Gasteiger partial charge < -0.3 is 10.3 Å². The minimum atomic E-state index is 0.149. The average Bonchev–Trinajstić information content (AvgIpc) is 2.80. The van der Waals surface area contributed by atoms with Crippen LogP contribution < -0.4 is 5.73 Å². The van der Waals surface area contributed by atoms with Crippen LogP contribution in [0.25, 0.3) is 0 Å². The van der Waals surface area contributed by atoms with Crippen molar-refractivity contribution < 1.29 is 4.52 Å². The van der Waals surface area contributed by atoms with Gasteiger partial charge in [-0.3, -0.25) is 0 Å². The second kappa shape index (κ2) is 5.08. The Labute approximate surface area is 87.2 Å². The fraction of sp³-hybridized carbons (Fsp3) is 0.500. The summed E-state index contributed by atoms with van der Waals surface area (Å²) in [6.45, 7) is 6.24. The van der Waals surface area contributed by atoms with Crippen LogP contribution in [0.5, 0.6) is 0 Å². The van der Waals surface area contributed by atoms with E-state index in [9.17, 15) is 0 Å². The van der Waals surface area contributed by atoms with Gasteiger partial charge in [-0.25, -0.2) is 0 Å². The summed E-state index contributed by atoms with van der Waals surface area (Å²) in [4.78, 5) is 1.34. The van der Waals surface area contributed by atoms with E-state index in [0.717, 1.165) is 5.69 Å². The summed E-state index contributed by atoms with van der Waals surface area (Å²) in [7, 11) is 0. The lowest BCUT2D eigenvalue weighted by Crippen LogP contribution is -2.03. The standard InChI is InChI=1S/C6H8N6O.C2H6/c1-4-2-5(13-10-4)3-12-9-6(7)8-11-12;1-2/h2H,3H2,1H3,(H2,7,9);1-2H3. The van der Waals surface area contributed by atoms with E-state index >= 15 is 0 Å². The summed E-state index contributed by atoms with van der Waals surface area (Å²) in [6.07, 6.45) is 0. The van der Waals surface area contributed by atoms with Crippen LogP contribution in [-0.4, -0.2) is 25.4 Å². The van der Waals surface area contributed by atoms with Crippen molar-refractivity contribution in [3.05, 3.63) is 17.5 Å². The molecule has 0 radical (unpaired) electrons. The molecule has 0 unspecified atom stereocenters. The summed E-state index contributed by atoms with van der Waals surface area (Å²) >= 11 is 0. The summed E-state index contributed by atoms with van der Waals surface area (Å²) in [6, 6.07) is 1.81. The van der Waals surface area contributed by atoms with E-state index in [-0.39, 0.29) is 5.95 Å². The Hall–Kier alpha value is -1.92. The maximum atomic E-state index is 5.29. The highest BCUT2D eigenvalue weighted by Crippen LogP contribution is 2.02. The summed E-state index contributed by atoms with van der Waals surface area (Å²) in [5.74, 6) is 0.825. The van der Waals surface area contributed by atoms with Gasteiger partial charge in [-0.15, -0.1) is 5.10 Å². The smallest absolute Gasteiger partial charge is 0.260 e. The molecule has 2 heterocycles. The van der Waals surface area contributed by atoms with E-state index < -0.39 is 0 Å². The number of rotatable bonds is 2. The van der Waals surface area contributed by atoms with Crippen molar-refractivity contribution in [2.75, 3.05) is 5.73 Å². The quantitative estimate of drug-likeness (QED) is 0.780. The topological polar surface area (TPSA) is 95.7 Å². The van der Waals surface area contributed by atoms with Crippen LogP contribution in [0.4, 0.5) is 5.95 Å². The molecule has 7 nitrogen and oxygen atoms in total. The number of hydrogen-bond acceptors (Lipinski definition) is 6. The zero-order valence-electron chi connectivity index (χ0n) is 9.01. The Kier molecular flexibility index (Phi) is 3.78. The first-order chi connectivity index (χ1) is 7.24. The molecule has 0 saturated carbocycles. The first-order valence-corrected chi connectivity index (χ1v) is 4.69. The Balaban J connectivity index is 0.000000531. The Bertz CT molecular complexity index is 368. The molecule has 0 atom stereocenters. The Morgan fingerprint density at radius 1 is 1.47 bits per heavy atom. The van der Waals surface area contributed by atoms with Gasteiger partial charge in [-0.1, -0.05) is 24.1 Å². The van der Waals surface area contributed by atoms with E-state index in [0.29, 0.717) is 12.3 Å². The van der Waals surface area contributed by atoms with E-state index in [2.05, 4.69) is 20.6 Å². The third-order valence-electron chi connectivity index (χ3n) is 1.44. The predicted octanol–water partition coefficient (Wildman–Crippen LogP) is 0.626. The summed E-state index contributed by atoms with van der Waals surface area (Å²) in [5, 5.41) is 14.7. The van der Waals surface area contributed by atoms with Gasteiger partial charge in [0.05, 0.1) is 5.69 Å². The molecule has 0 amide bonds. The van der Waals surface area contributed by atoms with Gasteiger partial charge in [-0.05, 0) is 12.1 Å². The van der Waals surface area contributed by atoms with Crippen molar-refractivity contribution in [3.8, 4) is 0 Å². The number of aryl methyl sites for hydroxylation is 1. The number of nitrogens with zero attached hydrogens (tertiary/aromatic N) is 5. The van der Waals surface area contributed by atoms with Crippen LogP contribution in [0, 0.1) is 6.92 Å². The van der Waals surface area contributed by atoms with Crippen LogP contribution in [0.15, 0.2) is 10.6 Å². The molecule has 0 aliphatic carbocycles. The molecule has 0 fully saturated rings. The van der Waals surface area contributed by atoms with Gasteiger partial charge in [-0.2, -0.15) is 4.80 Å². The fourth-order valence-electron chi connectivity index (χ4n) is 0.953.